The highest BCUT2D eigenvalue weighted by Gasteiger charge is 2.27. The molecule has 1 fully saturated rings. The smallest absolute Gasteiger partial charge is 0.317 e. The first-order valence-corrected chi connectivity index (χ1v) is 5.64. The predicted octanol–water partition coefficient (Wildman–Crippen LogP) is -0.794. The van der Waals surface area contributed by atoms with E-state index in [0.29, 0.717) is 25.2 Å². The summed E-state index contributed by atoms with van der Waals surface area (Å²) in [5.74, 6) is -0.949. The number of hydrogen-bond donors (Lipinski definition) is 3. The minimum atomic E-state index is -0.856. The Bertz CT molecular complexity index is 420. The van der Waals surface area contributed by atoms with E-state index in [-0.39, 0.29) is 19.1 Å². The Balaban J connectivity index is 1.83. The zero-order chi connectivity index (χ0) is 13.0. The number of likely N-dealkylation sites (tertiary alicyclic amines) is 1. The van der Waals surface area contributed by atoms with E-state index >= 15 is 0 Å². The van der Waals surface area contributed by atoms with Crippen molar-refractivity contribution in [2.45, 2.75) is 19.4 Å². The molecular weight excluding hydrogens is 240 g/mol. The van der Waals surface area contributed by atoms with Crippen LogP contribution in [0.25, 0.3) is 0 Å². The third kappa shape index (κ3) is 2.93. The first-order valence-electron chi connectivity index (χ1n) is 5.64. The van der Waals surface area contributed by atoms with Crippen molar-refractivity contribution < 1.29 is 14.7 Å². The Kier molecular flexibility index (Phi) is 3.70. The van der Waals surface area contributed by atoms with Crippen molar-refractivity contribution in [3.63, 3.8) is 0 Å². The number of aromatic nitrogens is 4. The molecule has 1 atom stereocenters. The number of hydrogen-bond acceptors (Lipinski definition) is 5. The van der Waals surface area contributed by atoms with Gasteiger partial charge in [0.15, 0.2) is 5.82 Å². The van der Waals surface area contributed by atoms with Crippen LogP contribution in [0.3, 0.4) is 0 Å². The average Bonchev–Trinajstić information content (AvgIpc) is 2.89. The van der Waals surface area contributed by atoms with E-state index in [0.717, 1.165) is 0 Å². The van der Waals surface area contributed by atoms with E-state index in [4.69, 9.17) is 5.11 Å². The monoisotopic (exact) mass is 254 g/mol. The fraction of sp³-hybridized carbons (Fsp3) is 0.667. The van der Waals surface area contributed by atoms with Gasteiger partial charge in [0.2, 0.25) is 0 Å². The maximum Gasteiger partial charge on any atom is 0.317 e. The van der Waals surface area contributed by atoms with Crippen molar-refractivity contribution in [3.05, 3.63) is 5.82 Å². The number of carboxylic acids is 1. The first-order chi connectivity index (χ1) is 8.66. The van der Waals surface area contributed by atoms with Crippen LogP contribution in [-0.4, -0.2) is 55.7 Å². The maximum absolute atomic E-state index is 11.8. The Morgan fingerprint density at radius 2 is 2.39 bits per heavy atom. The highest BCUT2D eigenvalue weighted by Crippen LogP contribution is 2.16. The van der Waals surface area contributed by atoms with Gasteiger partial charge in [-0.15, -0.1) is 10.2 Å². The molecule has 98 valence electrons. The van der Waals surface area contributed by atoms with Crippen LogP contribution in [0.4, 0.5) is 4.79 Å². The number of urea groups is 1. The van der Waals surface area contributed by atoms with Crippen LogP contribution in [0.2, 0.25) is 0 Å². The zero-order valence-electron chi connectivity index (χ0n) is 9.67. The van der Waals surface area contributed by atoms with Gasteiger partial charge in [-0.3, -0.25) is 4.79 Å². The van der Waals surface area contributed by atoms with Crippen molar-refractivity contribution in [2.75, 3.05) is 13.1 Å². The SMILES string of the molecule is O=C(O)[C@H]1CCCN(C(=O)NCc2nn[nH]n2)C1. The van der Waals surface area contributed by atoms with Crippen LogP contribution in [-0.2, 0) is 11.3 Å². The molecule has 0 aliphatic carbocycles. The molecule has 2 heterocycles. The van der Waals surface area contributed by atoms with Gasteiger partial charge in [-0.1, -0.05) is 5.21 Å². The molecular formula is C9H14N6O3. The number of nitrogens with one attached hydrogen (secondary N) is 2. The lowest BCUT2D eigenvalue weighted by molar-refractivity contribution is -0.143. The van der Waals surface area contributed by atoms with Gasteiger partial charge < -0.3 is 15.3 Å². The van der Waals surface area contributed by atoms with E-state index < -0.39 is 11.9 Å². The molecule has 1 aliphatic heterocycles. The van der Waals surface area contributed by atoms with E-state index in [1.807, 2.05) is 0 Å². The highest BCUT2D eigenvalue weighted by molar-refractivity contribution is 5.76. The summed E-state index contributed by atoms with van der Waals surface area (Å²) in [6.07, 6.45) is 1.32. The third-order valence-corrected chi connectivity index (χ3v) is 2.84. The van der Waals surface area contributed by atoms with E-state index in [2.05, 4.69) is 25.9 Å². The molecule has 1 aromatic heterocycles. The number of nitrogens with zero attached hydrogens (tertiary/aromatic N) is 4. The summed E-state index contributed by atoms with van der Waals surface area (Å²) in [4.78, 5) is 24.2. The normalized spacial score (nSPS) is 19.6. The lowest BCUT2D eigenvalue weighted by atomic mass is 9.99. The molecule has 1 aliphatic rings. The summed E-state index contributed by atoms with van der Waals surface area (Å²) in [6, 6.07) is -0.300. The molecule has 1 saturated heterocycles. The zero-order valence-corrected chi connectivity index (χ0v) is 9.67. The predicted molar refractivity (Wildman–Crippen MR) is 58.3 cm³/mol. The quantitative estimate of drug-likeness (QED) is 0.649. The molecule has 0 radical (unpaired) electrons. The van der Waals surface area contributed by atoms with Crippen molar-refractivity contribution in [1.82, 2.24) is 30.8 Å². The van der Waals surface area contributed by atoms with Gasteiger partial charge in [-0.2, -0.15) is 5.21 Å². The Morgan fingerprint density at radius 1 is 1.56 bits per heavy atom. The van der Waals surface area contributed by atoms with Gasteiger partial charge in [0.25, 0.3) is 0 Å². The second kappa shape index (κ2) is 5.43. The Hall–Kier alpha value is -2.19. The Labute approximate surface area is 103 Å². The van der Waals surface area contributed by atoms with Gasteiger partial charge >= 0.3 is 12.0 Å². The molecule has 0 spiro atoms. The molecule has 9 nitrogen and oxygen atoms in total. The van der Waals surface area contributed by atoms with Crippen LogP contribution < -0.4 is 5.32 Å². The summed E-state index contributed by atoms with van der Waals surface area (Å²) in [6.45, 7) is 0.985. The summed E-state index contributed by atoms with van der Waals surface area (Å²) in [5, 5.41) is 24.6. The van der Waals surface area contributed by atoms with Crippen molar-refractivity contribution in [3.8, 4) is 0 Å². The van der Waals surface area contributed by atoms with Crippen molar-refractivity contribution >= 4 is 12.0 Å². The molecule has 0 bridgehead atoms. The van der Waals surface area contributed by atoms with Crippen LogP contribution in [0.5, 0.6) is 0 Å². The number of amides is 2. The van der Waals surface area contributed by atoms with Gasteiger partial charge in [-0.25, -0.2) is 4.79 Å². The molecule has 0 unspecified atom stereocenters. The number of aliphatic carboxylic acids is 1. The van der Waals surface area contributed by atoms with Crippen LogP contribution in [0.1, 0.15) is 18.7 Å². The topological polar surface area (TPSA) is 124 Å². The first kappa shape index (κ1) is 12.3. The largest absolute Gasteiger partial charge is 0.481 e. The number of aromatic amines is 1. The number of carboxylic acid groups (broad SMARTS) is 1. The summed E-state index contributed by atoms with van der Waals surface area (Å²) < 4.78 is 0. The van der Waals surface area contributed by atoms with Crippen molar-refractivity contribution in [2.24, 2.45) is 5.92 Å². The molecule has 18 heavy (non-hydrogen) atoms. The van der Waals surface area contributed by atoms with E-state index in [9.17, 15) is 9.59 Å². The summed E-state index contributed by atoms with van der Waals surface area (Å²) >= 11 is 0. The number of tetrazole rings is 1. The van der Waals surface area contributed by atoms with Crippen molar-refractivity contribution in [1.29, 1.82) is 0 Å². The molecule has 9 heteroatoms. The maximum atomic E-state index is 11.8. The minimum Gasteiger partial charge on any atom is -0.481 e. The summed E-state index contributed by atoms with van der Waals surface area (Å²) in [5.41, 5.74) is 0. The number of rotatable bonds is 3. The Morgan fingerprint density at radius 3 is 3.06 bits per heavy atom. The van der Waals surface area contributed by atoms with E-state index in [1.165, 1.54) is 4.90 Å². The molecule has 2 rings (SSSR count). The number of carbonyl (C=O) groups is 2. The lowest BCUT2D eigenvalue weighted by Crippen LogP contribution is -2.46. The molecule has 0 aromatic carbocycles. The summed E-state index contributed by atoms with van der Waals surface area (Å²) in [7, 11) is 0. The van der Waals surface area contributed by atoms with Crippen LogP contribution in [0.15, 0.2) is 0 Å². The molecule has 2 amide bonds. The van der Waals surface area contributed by atoms with Gasteiger partial charge in [-0.05, 0) is 12.8 Å². The number of carbonyl (C=O) groups excluding carboxylic acids is 1. The molecule has 0 saturated carbocycles. The van der Waals surface area contributed by atoms with E-state index in [1.54, 1.807) is 0 Å². The minimum absolute atomic E-state index is 0.170. The molecule has 1 aromatic rings. The van der Waals surface area contributed by atoms with Crippen LogP contribution >= 0.6 is 0 Å². The van der Waals surface area contributed by atoms with Gasteiger partial charge in [0.05, 0.1) is 12.5 Å². The number of H-pyrrole nitrogens is 1. The average molecular weight is 254 g/mol. The fourth-order valence-electron chi connectivity index (χ4n) is 1.89. The van der Waals surface area contributed by atoms with Gasteiger partial charge in [0.1, 0.15) is 0 Å². The lowest BCUT2D eigenvalue weighted by Gasteiger charge is -2.30. The highest BCUT2D eigenvalue weighted by atomic mass is 16.4. The second-order valence-electron chi connectivity index (χ2n) is 4.11. The van der Waals surface area contributed by atoms with Crippen LogP contribution in [0, 0.1) is 5.92 Å². The molecule has 3 N–H and O–H groups in total. The number of piperidine rings is 1. The van der Waals surface area contributed by atoms with Gasteiger partial charge in [0, 0.05) is 13.1 Å². The fourth-order valence-corrected chi connectivity index (χ4v) is 1.89. The second-order valence-corrected chi connectivity index (χ2v) is 4.11. The third-order valence-electron chi connectivity index (χ3n) is 2.84. The standard InChI is InChI=1S/C9H14N6O3/c16-8(17)6-2-1-3-15(5-6)9(18)10-4-7-11-13-14-12-7/h6H,1-5H2,(H,10,18)(H,16,17)(H,11,12,13,14)/t6-/m0/s1.